The summed E-state index contributed by atoms with van der Waals surface area (Å²) < 4.78 is 0. The Kier molecular flexibility index (Phi) is 80.2. The van der Waals surface area contributed by atoms with Gasteiger partial charge in [-0.15, -0.1) is 0 Å². The van der Waals surface area contributed by atoms with Gasteiger partial charge < -0.3 is 24.5 Å². The van der Waals surface area contributed by atoms with Crippen LogP contribution in [0.5, 0.6) is 0 Å². The molecule has 0 saturated carbocycles. The van der Waals surface area contributed by atoms with Gasteiger partial charge in [0.2, 0.25) is 0 Å². The molecule has 0 aliphatic heterocycles. The van der Waals surface area contributed by atoms with Crippen molar-refractivity contribution in [1.29, 1.82) is 0 Å². The summed E-state index contributed by atoms with van der Waals surface area (Å²) in [5.41, 5.74) is 0. The Morgan fingerprint density at radius 1 is 0.123 bits per heavy atom. The molecule has 0 radical (unpaired) electrons. The molecule has 0 saturated heterocycles. The maximum Gasteiger partial charge on any atom is -0.000666 e. The maximum absolute atomic E-state index is 2.65. The van der Waals surface area contributed by atoms with E-state index in [2.05, 4.69) is 115 Å². The average Bonchev–Trinajstić information content (AvgIpc) is 3.42. The molecule has 73 heavy (non-hydrogen) atoms. The summed E-state index contributed by atoms with van der Waals surface area (Å²) >= 11 is 0. The van der Waals surface area contributed by atoms with Gasteiger partial charge >= 0.3 is 0 Å². The van der Waals surface area contributed by atoms with Crippen LogP contribution in [-0.4, -0.2) is 123 Å². The highest BCUT2D eigenvalue weighted by molar-refractivity contribution is 4.61. The topological polar surface area (TPSA) is 16.2 Å². The van der Waals surface area contributed by atoms with E-state index in [0.717, 1.165) is 0 Å². The van der Waals surface area contributed by atoms with Gasteiger partial charge in [-0.1, -0.05) is 315 Å². The van der Waals surface area contributed by atoms with Crippen LogP contribution in [0.25, 0.3) is 0 Å². The Labute approximate surface area is 467 Å². The molecule has 0 bridgehead atoms. The molecule has 446 valence electrons. The van der Waals surface area contributed by atoms with E-state index in [4.69, 9.17) is 0 Å². The molecule has 0 N–H and O–H groups in total. The first-order valence-corrected chi connectivity index (χ1v) is 34.4. The predicted octanol–water partition coefficient (Wildman–Crippen LogP) is 21.3. The van der Waals surface area contributed by atoms with E-state index >= 15 is 0 Å². The standard InChI is InChI=1S/C21H46N2.C18H39N.C16H35N.C13H29N/c1-5-9-10-11-12-13-14-15-16-17-19-23(8-4)21-18-20-22(6-2)7-3;1-4-7-8-9-10-11-12-13-14-15-16-17-18-19(5-2)6-3;1-4-7-8-9-10-11-12-13-14-15-16-17(5-2)6-3;1-4-7-8-9-10-11-12-13-14(5-2)6-3/h5-21H2,1-4H3;4-18H2,1-3H3;4-16H2,1-3H3;4-13H2,1-3H3. The molecule has 0 fully saturated rings. The van der Waals surface area contributed by atoms with Crippen LogP contribution in [0.1, 0.15) is 347 Å². The van der Waals surface area contributed by atoms with Crippen LogP contribution in [-0.2, 0) is 0 Å². The van der Waals surface area contributed by atoms with Crippen molar-refractivity contribution < 1.29 is 0 Å². The first-order valence-electron chi connectivity index (χ1n) is 34.4. The van der Waals surface area contributed by atoms with Crippen molar-refractivity contribution in [2.75, 3.05) is 98.2 Å². The highest BCUT2D eigenvalue weighted by Gasteiger charge is 2.05. The first-order chi connectivity index (χ1) is 35.8. The molecule has 5 heteroatoms. The molecule has 0 heterocycles. The first kappa shape index (κ1) is 79.3. The third-order valence-corrected chi connectivity index (χ3v) is 16.0. The molecule has 0 aromatic rings. The van der Waals surface area contributed by atoms with Crippen molar-refractivity contribution in [3.05, 3.63) is 0 Å². The fraction of sp³-hybridized carbons (Fsp3) is 1.00. The van der Waals surface area contributed by atoms with Gasteiger partial charge in [-0.2, -0.15) is 0 Å². The normalized spacial score (nSPS) is 11.4. The van der Waals surface area contributed by atoms with E-state index < -0.39 is 0 Å². The number of hydrogen-bond acceptors (Lipinski definition) is 5. The van der Waals surface area contributed by atoms with Crippen molar-refractivity contribution in [2.45, 2.75) is 347 Å². The van der Waals surface area contributed by atoms with Crippen molar-refractivity contribution in [3.8, 4) is 0 Å². The monoisotopic (exact) mass is 1040 g/mol. The summed E-state index contributed by atoms with van der Waals surface area (Å²) in [7, 11) is 0. The van der Waals surface area contributed by atoms with E-state index in [1.807, 2.05) is 0 Å². The molecule has 0 rings (SSSR count). The van der Waals surface area contributed by atoms with E-state index in [-0.39, 0.29) is 0 Å². The molecule has 0 aliphatic rings. The SMILES string of the molecule is CCCCCCCCCCCCCCN(CC)CC.CCCCCCCCCCCCN(CC)CC.CCCCCCCCCCCCN(CC)CCCN(CC)CC.CCCCCCCCCN(CC)CC. The van der Waals surface area contributed by atoms with Gasteiger partial charge in [0.1, 0.15) is 0 Å². The summed E-state index contributed by atoms with van der Waals surface area (Å²) in [6, 6.07) is 0. The largest absolute Gasteiger partial charge is 0.304 e. The Bertz CT molecular complexity index is 868. The van der Waals surface area contributed by atoms with Crippen LogP contribution in [0, 0.1) is 0 Å². The molecule has 0 aromatic heterocycles. The Morgan fingerprint density at radius 3 is 0.411 bits per heavy atom. The average molecular weight is 1040 g/mol. The smallest absolute Gasteiger partial charge is 0.000666 e. The van der Waals surface area contributed by atoms with Crippen LogP contribution >= 0.6 is 0 Å². The van der Waals surface area contributed by atoms with Gasteiger partial charge in [0, 0.05) is 0 Å². The summed E-state index contributed by atoms with van der Waals surface area (Å²) in [4.78, 5) is 12.8. The molecule has 0 atom stereocenters. The van der Waals surface area contributed by atoms with Gasteiger partial charge in [-0.3, -0.25) is 0 Å². The minimum Gasteiger partial charge on any atom is -0.304 e. The Balaban J connectivity index is -0.000000441. The van der Waals surface area contributed by atoms with Gasteiger partial charge in [0.05, 0.1) is 0 Å². The summed E-state index contributed by atoms with van der Waals surface area (Å²) in [5.74, 6) is 0. The van der Waals surface area contributed by atoms with Crippen LogP contribution in [0.2, 0.25) is 0 Å². The fourth-order valence-electron chi connectivity index (χ4n) is 10.2. The van der Waals surface area contributed by atoms with Gasteiger partial charge in [0.15, 0.2) is 0 Å². The second-order valence-electron chi connectivity index (χ2n) is 22.3. The lowest BCUT2D eigenvalue weighted by molar-refractivity contribution is 0.240. The van der Waals surface area contributed by atoms with Gasteiger partial charge in [-0.05, 0) is 130 Å². The van der Waals surface area contributed by atoms with Gasteiger partial charge in [0.25, 0.3) is 0 Å². The van der Waals surface area contributed by atoms with Gasteiger partial charge in [-0.25, -0.2) is 0 Å². The minimum atomic E-state index is 1.20. The van der Waals surface area contributed by atoms with Crippen molar-refractivity contribution in [1.82, 2.24) is 24.5 Å². The van der Waals surface area contributed by atoms with Crippen LogP contribution < -0.4 is 0 Å². The van der Waals surface area contributed by atoms with Crippen molar-refractivity contribution in [3.63, 3.8) is 0 Å². The Morgan fingerprint density at radius 2 is 0.247 bits per heavy atom. The molecule has 0 spiro atoms. The lowest BCUT2D eigenvalue weighted by Crippen LogP contribution is -2.30. The summed E-state index contributed by atoms with van der Waals surface area (Å²) in [6.45, 7) is 48.3. The third kappa shape index (κ3) is 69.8. The van der Waals surface area contributed by atoms with E-state index in [1.54, 1.807) is 0 Å². The number of nitrogens with zero attached hydrogens (tertiary/aromatic N) is 5. The second-order valence-corrected chi connectivity index (χ2v) is 22.3. The summed E-state index contributed by atoms with van der Waals surface area (Å²) in [5, 5.41) is 0. The molecular weight excluding hydrogens is 887 g/mol. The zero-order chi connectivity index (χ0) is 54.8. The van der Waals surface area contributed by atoms with Crippen molar-refractivity contribution in [2.24, 2.45) is 0 Å². The fourth-order valence-corrected chi connectivity index (χ4v) is 10.2. The van der Waals surface area contributed by atoms with Crippen LogP contribution in [0.4, 0.5) is 0 Å². The number of rotatable bonds is 56. The third-order valence-electron chi connectivity index (χ3n) is 16.0. The maximum atomic E-state index is 2.65. The van der Waals surface area contributed by atoms with E-state index in [1.165, 1.54) is 355 Å². The zero-order valence-electron chi connectivity index (χ0n) is 54.1. The van der Waals surface area contributed by atoms with Crippen LogP contribution in [0.3, 0.4) is 0 Å². The molecule has 0 aliphatic carbocycles. The van der Waals surface area contributed by atoms with E-state index in [9.17, 15) is 0 Å². The highest BCUT2D eigenvalue weighted by Crippen LogP contribution is 2.14. The summed E-state index contributed by atoms with van der Waals surface area (Å²) in [6.07, 6.45) is 57.5. The zero-order valence-corrected chi connectivity index (χ0v) is 54.1. The quantitative estimate of drug-likeness (QED) is 0.0563. The highest BCUT2D eigenvalue weighted by atomic mass is 15.1. The molecule has 0 amide bonds. The van der Waals surface area contributed by atoms with E-state index in [0.29, 0.717) is 0 Å². The lowest BCUT2D eigenvalue weighted by atomic mass is 10.1. The molecular formula is C68H149N5. The molecule has 0 aromatic carbocycles. The minimum absolute atomic E-state index is 1.20. The van der Waals surface area contributed by atoms with Crippen molar-refractivity contribution >= 4 is 0 Å². The Hall–Kier alpha value is -0.200. The number of hydrogen-bond donors (Lipinski definition) is 0. The molecule has 0 unspecified atom stereocenters. The van der Waals surface area contributed by atoms with Crippen LogP contribution in [0.15, 0.2) is 0 Å². The molecule has 5 nitrogen and oxygen atoms in total. The lowest BCUT2D eigenvalue weighted by Gasteiger charge is -2.23. The predicted molar refractivity (Wildman–Crippen MR) is 341 cm³/mol. The number of unbranched alkanes of at least 4 members (excludes halogenated alkanes) is 35. The second kappa shape index (κ2) is 73.9.